The van der Waals surface area contributed by atoms with Crippen molar-refractivity contribution in [1.29, 1.82) is 0 Å². The number of fused-ring (bicyclic) bond motifs is 1. The minimum absolute atomic E-state index is 0.00153. The molecule has 0 saturated heterocycles. The molecule has 1 fully saturated rings. The van der Waals surface area contributed by atoms with Gasteiger partial charge in [-0.2, -0.15) is 0 Å². The molecular weight excluding hydrogens is 410 g/mol. The lowest BCUT2D eigenvalue weighted by Gasteiger charge is -2.21. The fraction of sp³-hybridized carbons (Fsp3) is 0.360. The van der Waals surface area contributed by atoms with Crippen LogP contribution in [0.2, 0.25) is 5.02 Å². The molecule has 0 aliphatic heterocycles. The molecule has 6 heteroatoms. The Bertz CT molecular complexity index is 1060. The van der Waals surface area contributed by atoms with Crippen molar-refractivity contribution in [3.05, 3.63) is 70.9 Å². The monoisotopic (exact) mass is 437 g/mol. The summed E-state index contributed by atoms with van der Waals surface area (Å²) in [5.41, 5.74) is 3.08. The molecule has 2 aromatic carbocycles. The molecular formula is C25H28ClN3O2. The van der Waals surface area contributed by atoms with E-state index in [4.69, 9.17) is 11.6 Å². The molecule has 0 spiro atoms. The van der Waals surface area contributed by atoms with Crippen LogP contribution >= 0.6 is 11.6 Å². The van der Waals surface area contributed by atoms with Crippen LogP contribution in [0.5, 0.6) is 0 Å². The molecule has 2 amide bonds. The lowest BCUT2D eigenvalue weighted by atomic mass is 9.89. The van der Waals surface area contributed by atoms with Gasteiger partial charge in [-0.3, -0.25) is 9.59 Å². The average molecular weight is 438 g/mol. The number of aromatic amines is 1. The Kier molecular flexibility index (Phi) is 6.92. The maximum absolute atomic E-state index is 12.5. The summed E-state index contributed by atoms with van der Waals surface area (Å²) in [7, 11) is 0. The fourth-order valence-electron chi connectivity index (χ4n) is 4.48. The van der Waals surface area contributed by atoms with E-state index in [-0.39, 0.29) is 30.2 Å². The molecule has 1 aliphatic rings. The second-order valence-electron chi connectivity index (χ2n) is 8.22. The van der Waals surface area contributed by atoms with Gasteiger partial charge in [-0.25, -0.2) is 0 Å². The van der Waals surface area contributed by atoms with Crippen LogP contribution in [0.1, 0.15) is 49.1 Å². The molecule has 3 N–H and O–H groups in total. The first-order valence-corrected chi connectivity index (χ1v) is 11.4. The Morgan fingerprint density at radius 3 is 2.52 bits per heavy atom. The number of hydrogen-bond acceptors (Lipinski definition) is 2. The normalized spacial score (nSPS) is 15.5. The van der Waals surface area contributed by atoms with Gasteiger partial charge in [0.1, 0.15) is 0 Å². The summed E-state index contributed by atoms with van der Waals surface area (Å²) in [6.07, 6.45) is 7.20. The summed E-state index contributed by atoms with van der Waals surface area (Å²) in [5, 5.41) is 7.57. The molecule has 0 bridgehead atoms. The molecule has 4 rings (SSSR count). The zero-order valence-electron chi connectivity index (χ0n) is 17.5. The van der Waals surface area contributed by atoms with Gasteiger partial charge in [-0.1, -0.05) is 67.3 Å². The smallest absolute Gasteiger partial charge is 0.239 e. The third kappa shape index (κ3) is 5.10. The number of carbonyl (C=O) groups is 2. The van der Waals surface area contributed by atoms with Crippen molar-refractivity contribution in [2.24, 2.45) is 5.92 Å². The molecule has 31 heavy (non-hydrogen) atoms. The van der Waals surface area contributed by atoms with E-state index in [2.05, 4.69) is 21.7 Å². The van der Waals surface area contributed by atoms with E-state index >= 15 is 0 Å². The van der Waals surface area contributed by atoms with Gasteiger partial charge in [0.25, 0.3) is 0 Å². The Balaban J connectivity index is 1.45. The number of hydrogen-bond donors (Lipinski definition) is 3. The minimum Gasteiger partial charge on any atom is -0.361 e. The second-order valence-corrected chi connectivity index (χ2v) is 8.63. The van der Waals surface area contributed by atoms with Gasteiger partial charge in [0.05, 0.1) is 6.54 Å². The molecule has 1 atom stereocenters. The Hall–Kier alpha value is -2.79. The van der Waals surface area contributed by atoms with E-state index in [1.165, 1.54) is 6.42 Å². The zero-order chi connectivity index (χ0) is 21.6. The van der Waals surface area contributed by atoms with Gasteiger partial charge in [0.15, 0.2) is 0 Å². The maximum atomic E-state index is 12.5. The first-order chi connectivity index (χ1) is 15.1. The highest BCUT2D eigenvalue weighted by Gasteiger charge is 2.23. The number of benzene rings is 2. The highest BCUT2D eigenvalue weighted by atomic mass is 35.5. The summed E-state index contributed by atoms with van der Waals surface area (Å²) in [4.78, 5) is 28.2. The summed E-state index contributed by atoms with van der Waals surface area (Å²) >= 11 is 6.51. The van der Waals surface area contributed by atoms with Crippen molar-refractivity contribution in [2.45, 2.75) is 38.0 Å². The number of nitrogens with one attached hydrogen (secondary N) is 3. The first kappa shape index (κ1) is 21.4. The van der Waals surface area contributed by atoms with E-state index in [0.29, 0.717) is 11.6 Å². The van der Waals surface area contributed by atoms with Crippen LogP contribution in [0.4, 0.5) is 0 Å². The van der Waals surface area contributed by atoms with Crippen LogP contribution in [-0.2, 0) is 9.59 Å². The predicted octanol–water partition coefficient (Wildman–Crippen LogP) is 4.77. The quantitative estimate of drug-likeness (QED) is 0.498. The van der Waals surface area contributed by atoms with Gasteiger partial charge in [-0.05, 0) is 36.1 Å². The molecule has 1 aliphatic carbocycles. The van der Waals surface area contributed by atoms with Gasteiger partial charge in [0.2, 0.25) is 11.8 Å². The molecule has 162 valence electrons. The number of halogens is 1. The minimum atomic E-state index is -0.193. The van der Waals surface area contributed by atoms with Gasteiger partial charge in [-0.15, -0.1) is 0 Å². The van der Waals surface area contributed by atoms with E-state index in [1.54, 1.807) is 0 Å². The largest absolute Gasteiger partial charge is 0.361 e. The molecule has 1 heterocycles. The first-order valence-electron chi connectivity index (χ1n) is 11.0. The Morgan fingerprint density at radius 2 is 1.71 bits per heavy atom. The van der Waals surface area contributed by atoms with E-state index < -0.39 is 0 Å². The molecule has 3 aromatic rings. The number of H-pyrrole nitrogens is 1. The number of amides is 2. The fourth-order valence-corrected chi connectivity index (χ4v) is 4.75. The van der Waals surface area contributed by atoms with E-state index in [1.807, 2.05) is 48.7 Å². The summed E-state index contributed by atoms with van der Waals surface area (Å²) < 4.78 is 0. The van der Waals surface area contributed by atoms with Gasteiger partial charge in [0, 0.05) is 40.5 Å². The van der Waals surface area contributed by atoms with Gasteiger partial charge < -0.3 is 15.6 Å². The lowest BCUT2D eigenvalue weighted by Crippen LogP contribution is -2.41. The van der Waals surface area contributed by atoms with Crippen molar-refractivity contribution in [1.82, 2.24) is 15.6 Å². The van der Waals surface area contributed by atoms with Crippen LogP contribution in [0.25, 0.3) is 10.9 Å². The molecule has 0 unspecified atom stereocenters. The average Bonchev–Trinajstić information content (AvgIpc) is 3.23. The standard InChI is InChI=1S/C25H28ClN3O2/c26-22-12-6-4-10-18(22)20(21-14-27-23-13-7-5-11-19(21)23)15-28-24(30)16-29-25(31)17-8-2-1-3-9-17/h4-7,10-14,17,20,27H,1-3,8-9,15-16H2,(H,28,30)(H,29,31)/t20-/m0/s1. The van der Waals surface area contributed by atoms with Crippen LogP contribution in [0.3, 0.4) is 0 Å². The Labute approximate surface area is 187 Å². The van der Waals surface area contributed by atoms with Crippen molar-refractivity contribution in [3.8, 4) is 0 Å². The molecule has 1 saturated carbocycles. The number of rotatable bonds is 7. The third-order valence-electron chi connectivity index (χ3n) is 6.18. The SMILES string of the molecule is O=C(CNC(=O)C1CCCCC1)NC[C@@H](c1ccccc1Cl)c1c[nH]c2ccccc12. The van der Waals surface area contributed by atoms with Crippen LogP contribution in [0.15, 0.2) is 54.7 Å². The van der Waals surface area contributed by atoms with Crippen molar-refractivity contribution in [3.63, 3.8) is 0 Å². The summed E-state index contributed by atoms with van der Waals surface area (Å²) in [6.45, 7) is 0.391. The maximum Gasteiger partial charge on any atom is 0.239 e. The molecule has 1 aromatic heterocycles. The van der Waals surface area contributed by atoms with Gasteiger partial charge >= 0.3 is 0 Å². The van der Waals surface area contributed by atoms with Crippen molar-refractivity contribution < 1.29 is 9.59 Å². The number of para-hydroxylation sites is 1. The Morgan fingerprint density at radius 1 is 0.968 bits per heavy atom. The van der Waals surface area contributed by atoms with Crippen molar-refractivity contribution in [2.75, 3.05) is 13.1 Å². The van der Waals surface area contributed by atoms with Crippen LogP contribution < -0.4 is 10.6 Å². The molecule has 0 radical (unpaired) electrons. The summed E-state index contributed by atoms with van der Waals surface area (Å²) in [5.74, 6) is -0.262. The highest BCUT2D eigenvalue weighted by molar-refractivity contribution is 6.31. The second kappa shape index (κ2) is 10.0. The van der Waals surface area contributed by atoms with E-state index in [9.17, 15) is 9.59 Å². The summed E-state index contributed by atoms with van der Waals surface area (Å²) in [6, 6.07) is 15.8. The topological polar surface area (TPSA) is 74.0 Å². The third-order valence-corrected chi connectivity index (χ3v) is 6.52. The zero-order valence-corrected chi connectivity index (χ0v) is 18.3. The van der Waals surface area contributed by atoms with Crippen LogP contribution in [0, 0.1) is 5.92 Å². The lowest BCUT2D eigenvalue weighted by molar-refractivity contribution is -0.129. The highest BCUT2D eigenvalue weighted by Crippen LogP contribution is 2.34. The van der Waals surface area contributed by atoms with Crippen molar-refractivity contribution >= 4 is 34.3 Å². The predicted molar refractivity (Wildman–Crippen MR) is 124 cm³/mol. The number of aromatic nitrogens is 1. The van der Waals surface area contributed by atoms with Crippen LogP contribution in [-0.4, -0.2) is 29.9 Å². The van der Waals surface area contributed by atoms with E-state index in [0.717, 1.165) is 47.7 Å². The molecule has 5 nitrogen and oxygen atoms in total. The number of carbonyl (C=O) groups excluding carboxylic acids is 2.